The van der Waals surface area contributed by atoms with Gasteiger partial charge in [-0.2, -0.15) is 0 Å². The van der Waals surface area contributed by atoms with Crippen LogP contribution in [0.15, 0.2) is 56.3 Å². The fourth-order valence-electron chi connectivity index (χ4n) is 4.53. The normalized spacial score (nSPS) is 17.4. The lowest BCUT2D eigenvalue weighted by molar-refractivity contribution is -0.130. The molecule has 0 saturated carbocycles. The van der Waals surface area contributed by atoms with E-state index in [1.54, 1.807) is 38.4 Å². The summed E-state index contributed by atoms with van der Waals surface area (Å²) in [5.74, 6) is -0.684. The molecular weight excluding hydrogens is 461 g/mol. The van der Waals surface area contributed by atoms with Crippen LogP contribution in [-0.4, -0.2) is 43.8 Å². The van der Waals surface area contributed by atoms with Gasteiger partial charge >= 0.3 is 5.63 Å². The molecule has 0 radical (unpaired) electrons. The van der Waals surface area contributed by atoms with Gasteiger partial charge in [0.2, 0.25) is 5.91 Å². The van der Waals surface area contributed by atoms with Crippen LogP contribution in [-0.2, 0) is 21.1 Å². The van der Waals surface area contributed by atoms with Crippen molar-refractivity contribution in [1.82, 2.24) is 4.90 Å². The summed E-state index contributed by atoms with van der Waals surface area (Å²) in [7, 11) is -1.58. The molecule has 5 rings (SSSR count). The van der Waals surface area contributed by atoms with Crippen LogP contribution in [0.5, 0.6) is 0 Å². The molecule has 0 unspecified atom stereocenters. The number of carbonyl (C=O) groups is 1. The van der Waals surface area contributed by atoms with Crippen LogP contribution in [0.25, 0.3) is 33.1 Å². The van der Waals surface area contributed by atoms with E-state index in [0.717, 1.165) is 16.5 Å². The molecule has 9 heteroatoms. The summed E-state index contributed by atoms with van der Waals surface area (Å²) in [5.41, 5.74) is 2.62. The van der Waals surface area contributed by atoms with E-state index in [0.29, 0.717) is 28.5 Å². The van der Waals surface area contributed by atoms with Crippen LogP contribution in [0, 0.1) is 12.7 Å². The van der Waals surface area contributed by atoms with Crippen LogP contribution in [0.3, 0.4) is 0 Å². The molecule has 1 amide bonds. The Balaban J connectivity index is 1.53. The standard InChI is InChI=1S/C25H22FNO6S/c1-14-18-9-20-21(15-3-5-16(26)6-4-15)12-32-22(20)11-23(18)33-25(29)19(14)10-24(28)27(2)17-7-8-34(30,31)13-17/h3-6,9,11-12,17H,7-8,10,13H2,1-2H3/t17-/m0/s1. The maximum atomic E-state index is 13.4. The monoisotopic (exact) mass is 483 g/mol. The van der Waals surface area contributed by atoms with Crippen LogP contribution in [0.1, 0.15) is 17.5 Å². The maximum Gasteiger partial charge on any atom is 0.340 e. The molecular formula is C25H22FNO6S. The number of fused-ring (bicyclic) bond motifs is 2. The highest BCUT2D eigenvalue weighted by Crippen LogP contribution is 2.34. The number of carbonyl (C=O) groups excluding carboxylic acids is 1. The first-order chi connectivity index (χ1) is 16.1. The second-order valence-electron chi connectivity index (χ2n) is 8.73. The van der Waals surface area contributed by atoms with Crippen molar-refractivity contribution in [3.05, 3.63) is 70.0 Å². The Bertz CT molecular complexity index is 1600. The van der Waals surface area contributed by atoms with Gasteiger partial charge in [0.25, 0.3) is 0 Å². The van der Waals surface area contributed by atoms with Gasteiger partial charge < -0.3 is 13.7 Å². The number of sulfone groups is 1. The summed E-state index contributed by atoms with van der Waals surface area (Å²) in [5, 5.41) is 1.42. The average Bonchev–Trinajstić information content (AvgIpc) is 3.37. The number of aryl methyl sites for hydroxylation is 1. The molecule has 1 saturated heterocycles. The summed E-state index contributed by atoms with van der Waals surface area (Å²) in [6, 6.07) is 9.13. The SMILES string of the molecule is Cc1c(CC(=O)N(C)[C@H]2CCS(=O)(=O)C2)c(=O)oc2cc3occ(-c4ccc(F)cc4)c3cc12. The lowest BCUT2D eigenvalue weighted by atomic mass is 9.99. The zero-order chi connectivity index (χ0) is 24.2. The molecule has 7 nitrogen and oxygen atoms in total. The lowest BCUT2D eigenvalue weighted by Gasteiger charge is -2.23. The topological polar surface area (TPSA) is 97.8 Å². The van der Waals surface area contributed by atoms with Crippen LogP contribution in [0.4, 0.5) is 4.39 Å². The third kappa shape index (κ3) is 3.90. The highest BCUT2D eigenvalue weighted by atomic mass is 32.2. The summed E-state index contributed by atoms with van der Waals surface area (Å²) in [4.78, 5) is 27.0. The van der Waals surface area contributed by atoms with E-state index in [2.05, 4.69) is 0 Å². The number of hydrogen-bond donors (Lipinski definition) is 0. The van der Waals surface area contributed by atoms with Crippen molar-refractivity contribution in [3.63, 3.8) is 0 Å². The van der Waals surface area contributed by atoms with Crippen molar-refractivity contribution >= 4 is 37.7 Å². The number of furan rings is 1. The van der Waals surface area contributed by atoms with E-state index in [1.165, 1.54) is 17.0 Å². The number of amides is 1. The number of benzene rings is 2. The van der Waals surface area contributed by atoms with E-state index in [4.69, 9.17) is 8.83 Å². The van der Waals surface area contributed by atoms with Gasteiger partial charge in [-0.25, -0.2) is 17.6 Å². The highest BCUT2D eigenvalue weighted by Gasteiger charge is 2.33. The van der Waals surface area contributed by atoms with Crippen molar-refractivity contribution in [2.24, 2.45) is 0 Å². The predicted molar refractivity (Wildman–Crippen MR) is 126 cm³/mol. The smallest absolute Gasteiger partial charge is 0.340 e. The van der Waals surface area contributed by atoms with Gasteiger partial charge in [0.15, 0.2) is 9.84 Å². The molecule has 1 aliphatic rings. The molecule has 34 heavy (non-hydrogen) atoms. The third-order valence-corrected chi connectivity index (χ3v) is 8.36. The molecule has 1 fully saturated rings. The van der Waals surface area contributed by atoms with Gasteiger partial charge in [-0.15, -0.1) is 0 Å². The predicted octanol–water partition coefficient (Wildman–Crippen LogP) is 3.84. The fraction of sp³-hybridized carbons (Fsp3) is 0.280. The van der Waals surface area contributed by atoms with Gasteiger partial charge in [-0.05, 0) is 42.7 Å². The van der Waals surface area contributed by atoms with Gasteiger partial charge in [0.1, 0.15) is 17.0 Å². The number of likely N-dealkylation sites (N-methyl/N-ethyl adjacent to an activating group) is 1. The molecule has 0 N–H and O–H groups in total. The van der Waals surface area contributed by atoms with Crippen molar-refractivity contribution in [2.75, 3.05) is 18.6 Å². The Hall–Kier alpha value is -3.46. The second kappa shape index (κ2) is 8.09. The van der Waals surface area contributed by atoms with E-state index in [9.17, 15) is 22.4 Å². The number of nitrogens with zero attached hydrogens (tertiary/aromatic N) is 1. The fourth-order valence-corrected chi connectivity index (χ4v) is 6.30. The molecule has 1 atom stereocenters. The molecule has 0 spiro atoms. The minimum Gasteiger partial charge on any atom is -0.464 e. The first-order valence-corrected chi connectivity index (χ1v) is 12.6. The minimum atomic E-state index is -3.14. The first kappa shape index (κ1) is 22.3. The summed E-state index contributed by atoms with van der Waals surface area (Å²) < 4.78 is 48.1. The van der Waals surface area contributed by atoms with Crippen molar-refractivity contribution in [2.45, 2.75) is 25.8 Å². The largest absolute Gasteiger partial charge is 0.464 e. The summed E-state index contributed by atoms with van der Waals surface area (Å²) in [6.45, 7) is 1.76. The van der Waals surface area contributed by atoms with Gasteiger partial charge in [0, 0.05) is 35.5 Å². The van der Waals surface area contributed by atoms with Gasteiger partial charge in [-0.3, -0.25) is 4.79 Å². The zero-order valence-electron chi connectivity index (χ0n) is 18.6. The number of hydrogen-bond acceptors (Lipinski definition) is 6. The average molecular weight is 484 g/mol. The Kier molecular flexibility index (Phi) is 5.31. The van der Waals surface area contributed by atoms with Crippen LogP contribution in [0.2, 0.25) is 0 Å². The Labute approximate surface area is 194 Å². The molecule has 2 aromatic carbocycles. The highest BCUT2D eigenvalue weighted by molar-refractivity contribution is 7.91. The van der Waals surface area contributed by atoms with Gasteiger partial charge in [-0.1, -0.05) is 12.1 Å². The second-order valence-corrected chi connectivity index (χ2v) is 11.0. The van der Waals surface area contributed by atoms with Crippen molar-refractivity contribution in [3.8, 4) is 11.1 Å². The Morgan fingerprint density at radius 3 is 2.56 bits per heavy atom. The molecule has 176 valence electrons. The quantitative estimate of drug-likeness (QED) is 0.409. The van der Waals surface area contributed by atoms with Crippen molar-refractivity contribution in [1.29, 1.82) is 0 Å². The molecule has 3 heterocycles. The number of rotatable bonds is 4. The lowest BCUT2D eigenvalue weighted by Crippen LogP contribution is -2.39. The van der Waals surface area contributed by atoms with Crippen LogP contribution < -0.4 is 5.63 Å². The van der Waals surface area contributed by atoms with E-state index >= 15 is 0 Å². The van der Waals surface area contributed by atoms with Gasteiger partial charge in [0.05, 0.1) is 29.8 Å². The van der Waals surface area contributed by atoms with E-state index in [1.807, 2.05) is 6.07 Å². The maximum absolute atomic E-state index is 13.4. The summed E-state index contributed by atoms with van der Waals surface area (Å²) in [6.07, 6.45) is 1.77. The van der Waals surface area contributed by atoms with Crippen molar-refractivity contribution < 1.29 is 26.4 Å². The van der Waals surface area contributed by atoms with E-state index < -0.39 is 21.5 Å². The van der Waals surface area contributed by atoms with Crippen LogP contribution >= 0.6 is 0 Å². The Morgan fingerprint density at radius 2 is 1.88 bits per heavy atom. The minimum absolute atomic E-state index is 0.0590. The van der Waals surface area contributed by atoms with E-state index in [-0.39, 0.29) is 35.2 Å². The zero-order valence-corrected chi connectivity index (χ0v) is 19.4. The molecule has 1 aliphatic heterocycles. The third-order valence-electron chi connectivity index (χ3n) is 6.61. The molecule has 0 aliphatic carbocycles. The first-order valence-electron chi connectivity index (χ1n) is 10.8. The molecule has 2 aromatic heterocycles. The number of halogens is 1. The molecule has 4 aromatic rings. The summed E-state index contributed by atoms with van der Waals surface area (Å²) >= 11 is 0. The Morgan fingerprint density at radius 1 is 1.15 bits per heavy atom. The molecule has 0 bridgehead atoms.